The minimum absolute atomic E-state index is 0.0635. The number of rotatable bonds is 63. The Labute approximate surface area is 416 Å². The Kier molecular flexibility index (Phi) is 61.8. The molecule has 0 rings (SSSR count). The Bertz CT molecular complexity index is 943. The molecule has 0 radical (unpaired) electrons. The molecular formula is C50H100O19. The molecule has 2 N–H and O–H groups in total. The summed E-state index contributed by atoms with van der Waals surface area (Å²) in [5, 5.41) is 17.8. The van der Waals surface area contributed by atoms with Crippen molar-refractivity contribution in [2.45, 2.75) is 109 Å². The van der Waals surface area contributed by atoms with Crippen molar-refractivity contribution in [1.82, 2.24) is 0 Å². The van der Waals surface area contributed by atoms with E-state index in [1.165, 1.54) is 83.5 Å². The maximum absolute atomic E-state index is 11.4. The van der Waals surface area contributed by atoms with Crippen LogP contribution in [0.4, 0.5) is 0 Å². The zero-order valence-corrected chi connectivity index (χ0v) is 43.1. The number of ether oxygens (including phenoxy) is 16. The molecule has 0 spiro atoms. The highest BCUT2D eigenvalue weighted by molar-refractivity contribution is 5.69. The van der Waals surface area contributed by atoms with Gasteiger partial charge in [0.05, 0.1) is 205 Å². The summed E-state index contributed by atoms with van der Waals surface area (Å²) < 4.78 is 87.3. The highest BCUT2D eigenvalue weighted by Crippen LogP contribution is 2.13. The lowest BCUT2D eigenvalue weighted by atomic mass is 10.0. The summed E-state index contributed by atoms with van der Waals surface area (Å²) in [6.45, 7) is 16.3. The van der Waals surface area contributed by atoms with Gasteiger partial charge in [-0.1, -0.05) is 90.4 Å². The fourth-order valence-electron chi connectivity index (χ4n) is 6.05. The summed E-state index contributed by atoms with van der Waals surface area (Å²) in [6, 6.07) is 0. The number of aliphatic hydroxyl groups excluding tert-OH is 2. The van der Waals surface area contributed by atoms with E-state index in [0.717, 1.165) is 13.0 Å². The second-order valence-corrected chi connectivity index (χ2v) is 16.1. The normalized spacial score (nSPS) is 12.1. The van der Waals surface area contributed by atoms with Crippen LogP contribution in [0, 0.1) is 0 Å². The van der Waals surface area contributed by atoms with E-state index in [-0.39, 0.29) is 19.6 Å². The smallest absolute Gasteiger partial charge is 0.308 e. The summed E-state index contributed by atoms with van der Waals surface area (Å²) in [5.41, 5.74) is 0. The summed E-state index contributed by atoms with van der Waals surface area (Å²) in [5.74, 6) is -0.497. The standard InChI is InChI=1S/C50H100O19/c1-2-3-4-5-6-7-8-9-10-11-12-13-14-15-17-54-19-21-56-23-25-58-27-29-60-31-33-62-35-37-64-39-41-66-43-45-68-46-44-67-42-40-65-38-36-63-34-32-61-30-28-59-26-24-57-22-20-55-18-16-50(53)69-48-49(52)47-51/h49,51-52H,2-48H2,1H3. The number of aliphatic hydroxyl groups is 2. The average molecular weight is 1010 g/mol. The lowest BCUT2D eigenvalue weighted by Gasteiger charge is -2.09. The first-order chi connectivity index (χ1) is 34.2. The number of hydrogen-bond acceptors (Lipinski definition) is 19. The molecule has 1 atom stereocenters. The third-order valence-electron chi connectivity index (χ3n) is 9.95. The SMILES string of the molecule is CCCCCCCCCCCCCCCCOCCOCCOCCOCCOCCOCCOCCOCCOCCOCCOCCOCCOCCOCCOCCC(=O)OCC(O)CO. The molecule has 0 fully saturated rings. The highest BCUT2D eigenvalue weighted by Gasteiger charge is 2.08. The van der Waals surface area contributed by atoms with Crippen molar-refractivity contribution in [3.63, 3.8) is 0 Å². The van der Waals surface area contributed by atoms with Crippen LogP contribution in [0.15, 0.2) is 0 Å². The fraction of sp³-hybridized carbons (Fsp3) is 0.980. The third-order valence-corrected chi connectivity index (χ3v) is 9.95. The molecule has 0 heterocycles. The van der Waals surface area contributed by atoms with Crippen LogP contribution in [0.5, 0.6) is 0 Å². The topological polar surface area (TPSA) is 205 Å². The monoisotopic (exact) mass is 1000 g/mol. The van der Waals surface area contributed by atoms with Crippen molar-refractivity contribution in [2.75, 3.05) is 211 Å². The van der Waals surface area contributed by atoms with Crippen molar-refractivity contribution < 1.29 is 90.8 Å². The van der Waals surface area contributed by atoms with Gasteiger partial charge >= 0.3 is 5.97 Å². The zero-order valence-electron chi connectivity index (χ0n) is 43.1. The molecule has 69 heavy (non-hydrogen) atoms. The maximum Gasteiger partial charge on any atom is 0.308 e. The first-order valence-electron chi connectivity index (χ1n) is 26.3. The Balaban J connectivity index is 3.09. The van der Waals surface area contributed by atoms with Crippen LogP contribution in [-0.2, 0) is 80.6 Å². The molecule has 0 aliphatic carbocycles. The third kappa shape index (κ3) is 62.8. The van der Waals surface area contributed by atoms with Crippen molar-refractivity contribution >= 4 is 5.97 Å². The van der Waals surface area contributed by atoms with Crippen molar-refractivity contribution in [2.24, 2.45) is 0 Å². The average Bonchev–Trinajstić information content (AvgIpc) is 3.36. The van der Waals surface area contributed by atoms with E-state index in [4.69, 9.17) is 86.0 Å². The van der Waals surface area contributed by atoms with Crippen molar-refractivity contribution in [3.05, 3.63) is 0 Å². The molecule has 1 unspecified atom stereocenters. The molecule has 0 aromatic heterocycles. The minimum atomic E-state index is -1.06. The second-order valence-electron chi connectivity index (χ2n) is 16.1. The van der Waals surface area contributed by atoms with Crippen LogP contribution in [0.1, 0.15) is 103 Å². The minimum Gasteiger partial charge on any atom is -0.463 e. The number of hydrogen-bond donors (Lipinski definition) is 2. The molecule has 0 aliphatic heterocycles. The van der Waals surface area contributed by atoms with E-state index in [1.807, 2.05) is 0 Å². The fourth-order valence-corrected chi connectivity index (χ4v) is 6.05. The molecule has 0 aliphatic rings. The zero-order chi connectivity index (χ0) is 49.7. The first kappa shape index (κ1) is 67.8. The van der Waals surface area contributed by atoms with Gasteiger partial charge in [0.15, 0.2) is 0 Å². The van der Waals surface area contributed by atoms with E-state index in [9.17, 15) is 4.79 Å². The molecule has 414 valence electrons. The first-order valence-corrected chi connectivity index (χ1v) is 26.3. The van der Waals surface area contributed by atoms with Gasteiger partial charge in [0.2, 0.25) is 0 Å². The van der Waals surface area contributed by atoms with Gasteiger partial charge in [-0.15, -0.1) is 0 Å². The van der Waals surface area contributed by atoms with Crippen LogP contribution in [0.2, 0.25) is 0 Å². The molecule has 0 amide bonds. The largest absolute Gasteiger partial charge is 0.463 e. The summed E-state index contributed by atoms with van der Waals surface area (Å²) in [7, 11) is 0. The van der Waals surface area contributed by atoms with Gasteiger partial charge in [-0.2, -0.15) is 0 Å². The highest BCUT2D eigenvalue weighted by atomic mass is 16.6. The molecule has 0 saturated heterocycles. The number of carbonyl (C=O) groups excluding carboxylic acids is 1. The predicted molar refractivity (Wildman–Crippen MR) is 261 cm³/mol. The molecule has 0 aromatic carbocycles. The Morgan fingerprint density at radius 2 is 0.507 bits per heavy atom. The van der Waals surface area contributed by atoms with Gasteiger partial charge in [0, 0.05) is 6.61 Å². The molecule has 0 bridgehead atoms. The van der Waals surface area contributed by atoms with Crippen LogP contribution in [-0.4, -0.2) is 234 Å². The molecule has 0 aromatic rings. The van der Waals surface area contributed by atoms with Crippen molar-refractivity contribution in [1.29, 1.82) is 0 Å². The molecular weight excluding hydrogens is 905 g/mol. The van der Waals surface area contributed by atoms with Crippen LogP contribution in [0.25, 0.3) is 0 Å². The van der Waals surface area contributed by atoms with E-state index < -0.39 is 18.7 Å². The van der Waals surface area contributed by atoms with Crippen LogP contribution < -0.4 is 0 Å². The number of carbonyl (C=O) groups is 1. The second kappa shape index (κ2) is 62.9. The Hall–Kier alpha value is -1.21. The Morgan fingerprint density at radius 1 is 0.304 bits per heavy atom. The van der Waals surface area contributed by atoms with Gasteiger partial charge < -0.3 is 86.0 Å². The molecule has 0 saturated carbocycles. The molecule has 19 nitrogen and oxygen atoms in total. The van der Waals surface area contributed by atoms with Crippen molar-refractivity contribution in [3.8, 4) is 0 Å². The van der Waals surface area contributed by atoms with Gasteiger partial charge in [-0.05, 0) is 6.42 Å². The lowest BCUT2D eigenvalue weighted by Crippen LogP contribution is -2.22. The lowest BCUT2D eigenvalue weighted by molar-refractivity contribution is -0.148. The number of esters is 1. The summed E-state index contributed by atoms with van der Waals surface area (Å²) in [4.78, 5) is 11.4. The van der Waals surface area contributed by atoms with Gasteiger partial charge in [-0.25, -0.2) is 0 Å². The molecule has 19 heteroatoms. The van der Waals surface area contributed by atoms with Gasteiger partial charge in [0.25, 0.3) is 0 Å². The van der Waals surface area contributed by atoms with Crippen LogP contribution >= 0.6 is 0 Å². The van der Waals surface area contributed by atoms with E-state index in [0.29, 0.717) is 185 Å². The van der Waals surface area contributed by atoms with Gasteiger partial charge in [-0.3, -0.25) is 4.79 Å². The van der Waals surface area contributed by atoms with E-state index >= 15 is 0 Å². The van der Waals surface area contributed by atoms with Gasteiger partial charge in [0.1, 0.15) is 12.7 Å². The Morgan fingerprint density at radius 3 is 0.739 bits per heavy atom. The quantitative estimate of drug-likeness (QED) is 0.0608. The summed E-state index contributed by atoms with van der Waals surface area (Å²) in [6.07, 6.45) is 18.2. The van der Waals surface area contributed by atoms with E-state index in [1.54, 1.807) is 0 Å². The summed E-state index contributed by atoms with van der Waals surface area (Å²) >= 11 is 0. The maximum atomic E-state index is 11.4. The van der Waals surface area contributed by atoms with Crippen LogP contribution in [0.3, 0.4) is 0 Å². The van der Waals surface area contributed by atoms with E-state index in [2.05, 4.69) is 6.92 Å². The number of unbranched alkanes of at least 4 members (excludes halogenated alkanes) is 13. The predicted octanol–water partition coefficient (Wildman–Crippen LogP) is 5.00.